The summed E-state index contributed by atoms with van der Waals surface area (Å²) >= 11 is 1.22. The SMILES string of the molecule is CCCCc1nc2c(N)nc3ccccc3c2n1CCCCNC(=O)C1CCC(CN2C(=O)CC(SCC(=O)NCCCCC(NC)C(C)=O)C2=O)CC1. The van der Waals surface area contributed by atoms with Gasteiger partial charge in [-0.25, -0.2) is 9.97 Å². The second-order valence-electron chi connectivity index (χ2n) is 14.9. The van der Waals surface area contributed by atoms with Gasteiger partial charge in [-0.3, -0.25) is 28.9 Å². The van der Waals surface area contributed by atoms with Crippen molar-refractivity contribution in [2.75, 3.05) is 38.2 Å². The second kappa shape index (κ2) is 20.0. The lowest BCUT2D eigenvalue weighted by Crippen LogP contribution is -2.39. The average Bonchev–Trinajstić information content (AvgIpc) is 3.67. The summed E-state index contributed by atoms with van der Waals surface area (Å²) in [5.74, 6) is 1.34. The molecule has 13 nitrogen and oxygen atoms in total. The predicted molar refractivity (Wildman–Crippen MR) is 214 cm³/mol. The molecule has 2 atom stereocenters. The van der Waals surface area contributed by atoms with E-state index in [4.69, 9.17) is 10.7 Å². The Morgan fingerprint density at radius 2 is 1.72 bits per heavy atom. The van der Waals surface area contributed by atoms with Crippen LogP contribution in [0.3, 0.4) is 0 Å². The number of pyridine rings is 1. The number of fused-ring (bicyclic) bond motifs is 3. The van der Waals surface area contributed by atoms with E-state index in [-0.39, 0.29) is 59.5 Å². The van der Waals surface area contributed by atoms with Gasteiger partial charge in [-0.1, -0.05) is 31.5 Å². The highest BCUT2D eigenvalue weighted by Crippen LogP contribution is 2.33. The van der Waals surface area contributed by atoms with Crippen LogP contribution in [0.1, 0.15) is 96.7 Å². The van der Waals surface area contributed by atoms with Gasteiger partial charge in [0.05, 0.1) is 28.1 Å². The molecule has 0 radical (unpaired) electrons. The zero-order valence-electron chi connectivity index (χ0n) is 32.2. The summed E-state index contributed by atoms with van der Waals surface area (Å²) in [7, 11) is 1.77. The Hall–Kier alpha value is -4.04. The summed E-state index contributed by atoms with van der Waals surface area (Å²) < 4.78 is 2.30. The molecule has 0 bridgehead atoms. The van der Waals surface area contributed by atoms with Gasteiger partial charge in [-0.05, 0) is 90.2 Å². The first kappa shape index (κ1) is 41.1. The minimum atomic E-state index is -0.540. The maximum absolute atomic E-state index is 13.1. The molecule has 294 valence electrons. The van der Waals surface area contributed by atoms with Crippen LogP contribution in [0.5, 0.6) is 0 Å². The molecule has 1 saturated carbocycles. The van der Waals surface area contributed by atoms with E-state index in [1.165, 1.54) is 16.7 Å². The van der Waals surface area contributed by atoms with Gasteiger partial charge in [-0.15, -0.1) is 11.8 Å². The number of rotatable bonds is 21. The van der Waals surface area contributed by atoms with Crippen LogP contribution >= 0.6 is 11.8 Å². The van der Waals surface area contributed by atoms with E-state index in [0.29, 0.717) is 25.5 Å². The standard InChI is InChI=1S/C40H58N8O5S/c1-4-5-15-33-46-36-37(29-12-6-7-14-31(29)45-38(36)41)47(33)22-11-10-21-44-39(52)28-18-16-27(17-19-28)24-48-35(51)23-32(40(48)53)54-25-34(50)43-20-9-8-13-30(42-3)26(2)49/h6-7,12,14,27-28,30,32,42H,4-5,8-11,13,15-25H2,1-3H3,(H2,41,45)(H,43,50)(H,44,52). The topological polar surface area (TPSA) is 181 Å². The number of imidazole rings is 1. The number of carbonyl (C=O) groups excluding carboxylic acids is 5. The Balaban J connectivity index is 0.995. The van der Waals surface area contributed by atoms with Crippen molar-refractivity contribution in [1.82, 2.24) is 35.4 Å². The summed E-state index contributed by atoms with van der Waals surface area (Å²) in [4.78, 5) is 73.8. The Morgan fingerprint density at radius 1 is 0.981 bits per heavy atom. The number of imide groups is 1. The van der Waals surface area contributed by atoms with Crippen molar-refractivity contribution in [3.05, 3.63) is 30.1 Å². The number of aromatic nitrogens is 3. The maximum atomic E-state index is 13.1. The number of carbonyl (C=O) groups is 5. The summed E-state index contributed by atoms with van der Waals surface area (Å²) in [6, 6.07) is 7.88. The van der Waals surface area contributed by atoms with Crippen molar-refractivity contribution >= 4 is 68.9 Å². The summed E-state index contributed by atoms with van der Waals surface area (Å²) in [6.07, 6.45) is 10.2. The van der Waals surface area contributed by atoms with Gasteiger partial charge >= 0.3 is 0 Å². The molecule has 54 heavy (non-hydrogen) atoms. The van der Waals surface area contributed by atoms with Crippen LogP contribution < -0.4 is 21.7 Å². The first-order valence-corrected chi connectivity index (χ1v) is 20.9. The number of hydrogen-bond acceptors (Lipinski definition) is 10. The zero-order chi connectivity index (χ0) is 38.6. The van der Waals surface area contributed by atoms with E-state index in [1.54, 1.807) is 14.0 Å². The maximum Gasteiger partial charge on any atom is 0.242 e. The molecule has 1 saturated heterocycles. The van der Waals surface area contributed by atoms with Gasteiger partial charge < -0.3 is 26.3 Å². The molecule has 14 heteroatoms. The molecule has 4 amide bonds. The van der Waals surface area contributed by atoms with E-state index in [1.807, 2.05) is 18.2 Å². The number of para-hydroxylation sites is 1. The Labute approximate surface area is 322 Å². The largest absolute Gasteiger partial charge is 0.382 e. The molecule has 3 heterocycles. The molecule has 2 aromatic heterocycles. The number of nitrogens with two attached hydrogens (primary N) is 1. The zero-order valence-corrected chi connectivity index (χ0v) is 33.0. The lowest BCUT2D eigenvalue weighted by molar-refractivity contribution is -0.139. The highest BCUT2D eigenvalue weighted by molar-refractivity contribution is 8.01. The number of nitrogens with one attached hydrogen (secondary N) is 3. The van der Waals surface area contributed by atoms with E-state index in [0.717, 1.165) is 111 Å². The van der Waals surface area contributed by atoms with E-state index in [9.17, 15) is 24.0 Å². The molecule has 1 aromatic carbocycles. The van der Waals surface area contributed by atoms with Crippen LogP contribution in [0.15, 0.2) is 24.3 Å². The van der Waals surface area contributed by atoms with Crippen LogP contribution in [0.2, 0.25) is 0 Å². The number of Topliss-reactive ketones (excluding diaryl/α,β-unsaturated/α-hetero) is 1. The normalized spacial score (nSPS) is 19.5. The molecule has 5 rings (SSSR count). The smallest absolute Gasteiger partial charge is 0.242 e. The quantitative estimate of drug-likeness (QED) is 0.0889. The van der Waals surface area contributed by atoms with Crippen molar-refractivity contribution < 1.29 is 24.0 Å². The van der Waals surface area contributed by atoms with Crippen molar-refractivity contribution in [3.8, 4) is 0 Å². The molecule has 3 aromatic rings. The number of benzene rings is 1. The number of unbranched alkanes of at least 4 members (excludes halogenated alkanes) is 3. The molecule has 5 N–H and O–H groups in total. The number of aryl methyl sites for hydroxylation is 2. The number of thioether (sulfide) groups is 1. The lowest BCUT2D eigenvalue weighted by Gasteiger charge is -2.30. The molecule has 1 aliphatic heterocycles. The first-order valence-electron chi connectivity index (χ1n) is 19.8. The predicted octanol–water partition coefficient (Wildman–Crippen LogP) is 4.54. The number of likely N-dealkylation sites (tertiary alicyclic amines) is 1. The van der Waals surface area contributed by atoms with E-state index in [2.05, 4.69) is 38.5 Å². The number of ketones is 1. The van der Waals surface area contributed by atoms with Crippen molar-refractivity contribution in [2.24, 2.45) is 11.8 Å². The average molecular weight is 763 g/mol. The molecule has 1 aliphatic carbocycles. The summed E-state index contributed by atoms with van der Waals surface area (Å²) in [6.45, 7) is 6.02. The molecular weight excluding hydrogens is 705 g/mol. The minimum Gasteiger partial charge on any atom is -0.382 e. The number of nitrogen functional groups attached to an aromatic ring is 1. The van der Waals surface area contributed by atoms with Gasteiger partial charge in [0.2, 0.25) is 23.6 Å². The van der Waals surface area contributed by atoms with Crippen LogP contribution in [-0.2, 0) is 36.9 Å². The number of amides is 4. The van der Waals surface area contributed by atoms with Gasteiger partial charge in [0.15, 0.2) is 5.82 Å². The third-order valence-corrected chi connectivity index (χ3v) is 12.1. The Bertz CT molecular complexity index is 1790. The van der Waals surface area contributed by atoms with Crippen LogP contribution in [0, 0.1) is 11.8 Å². The van der Waals surface area contributed by atoms with E-state index >= 15 is 0 Å². The van der Waals surface area contributed by atoms with Gasteiger partial charge in [0.1, 0.15) is 17.1 Å². The third kappa shape index (κ3) is 10.6. The molecule has 2 aliphatic rings. The lowest BCUT2D eigenvalue weighted by atomic mass is 9.81. The van der Waals surface area contributed by atoms with Gasteiger partial charge in [-0.2, -0.15) is 0 Å². The van der Waals surface area contributed by atoms with Crippen LogP contribution in [-0.4, -0.2) is 92.6 Å². The van der Waals surface area contributed by atoms with Crippen molar-refractivity contribution in [1.29, 1.82) is 0 Å². The highest BCUT2D eigenvalue weighted by atomic mass is 32.2. The number of nitrogens with zero attached hydrogens (tertiary/aromatic N) is 4. The van der Waals surface area contributed by atoms with E-state index < -0.39 is 5.25 Å². The fourth-order valence-electron chi connectivity index (χ4n) is 7.74. The Kier molecular flexibility index (Phi) is 15.3. The first-order chi connectivity index (χ1) is 26.1. The van der Waals surface area contributed by atoms with Crippen molar-refractivity contribution in [3.63, 3.8) is 0 Å². The fourth-order valence-corrected chi connectivity index (χ4v) is 8.73. The molecular formula is C40H58N8O5S. The van der Waals surface area contributed by atoms with Crippen LogP contribution in [0.25, 0.3) is 21.9 Å². The molecule has 2 unspecified atom stereocenters. The number of hydrogen-bond donors (Lipinski definition) is 4. The van der Waals surface area contributed by atoms with Crippen LogP contribution in [0.4, 0.5) is 5.82 Å². The third-order valence-electron chi connectivity index (χ3n) is 10.9. The van der Waals surface area contributed by atoms with Gasteiger partial charge in [0.25, 0.3) is 0 Å². The van der Waals surface area contributed by atoms with Crippen molar-refractivity contribution in [2.45, 2.75) is 115 Å². The number of likely N-dealkylation sites (N-methyl/N-ethyl adjacent to an activating group) is 1. The molecule has 0 spiro atoms. The summed E-state index contributed by atoms with van der Waals surface area (Å²) in [5.41, 5.74) is 9.00. The van der Waals surface area contributed by atoms with Gasteiger partial charge in [0, 0.05) is 50.3 Å². The Morgan fingerprint density at radius 3 is 2.46 bits per heavy atom. The minimum absolute atomic E-state index is 0.0630. The number of anilines is 1. The second-order valence-corrected chi connectivity index (χ2v) is 16.0. The molecule has 2 fully saturated rings. The summed E-state index contributed by atoms with van der Waals surface area (Å²) in [5, 5.41) is 9.53. The fraction of sp³-hybridized carbons (Fsp3) is 0.625. The highest BCUT2D eigenvalue weighted by Gasteiger charge is 2.40. The monoisotopic (exact) mass is 762 g/mol.